The summed E-state index contributed by atoms with van der Waals surface area (Å²) in [6.45, 7) is 0. The van der Waals surface area contributed by atoms with E-state index in [-0.39, 0.29) is 49.6 Å². The first kappa shape index (κ1) is 27.4. The SMILES string of the molecule is Cl.Cl.Cl.Cl.N[C@@H]1CCC[C@@H]1N.N[C@@H]1CCC[C@@H]1N. The van der Waals surface area contributed by atoms with Gasteiger partial charge in [0.15, 0.2) is 0 Å². The average Bonchev–Trinajstić information content (AvgIpc) is 2.67. The van der Waals surface area contributed by atoms with Crippen LogP contribution in [0.1, 0.15) is 38.5 Å². The molecule has 4 nitrogen and oxygen atoms in total. The maximum atomic E-state index is 5.55. The highest BCUT2D eigenvalue weighted by Gasteiger charge is 2.19. The molecule has 0 bridgehead atoms. The van der Waals surface area contributed by atoms with Gasteiger partial charge in [-0.25, -0.2) is 0 Å². The Bertz CT molecular complexity index is 142. The highest BCUT2D eigenvalue weighted by molar-refractivity contribution is 5.86. The van der Waals surface area contributed by atoms with Crippen molar-refractivity contribution in [3.63, 3.8) is 0 Å². The first-order valence-electron chi connectivity index (χ1n) is 5.63. The number of nitrogens with two attached hydrogens (primary N) is 4. The minimum Gasteiger partial charge on any atom is -0.326 e. The molecule has 2 fully saturated rings. The van der Waals surface area contributed by atoms with Gasteiger partial charge < -0.3 is 22.9 Å². The van der Waals surface area contributed by atoms with Crippen LogP contribution in [0, 0.1) is 0 Å². The van der Waals surface area contributed by atoms with Gasteiger partial charge in [0, 0.05) is 24.2 Å². The second-order valence-electron chi connectivity index (χ2n) is 4.52. The van der Waals surface area contributed by atoms with Gasteiger partial charge in [0.25, 0.3) is 0 Å². The molecule has 2 aliphatic rings. The molecule has 116 valence electrons. The summed E-state index contributed by atoms with van der Waals surface area (Å²) in [7, 11) is 0. The third kappa shape index (κ3) is 9.87. The molecule has 4 atom stereocenters. The maximum absolute atomic E-state index is 5.55. The van der Waals surface area contributed by atoms with Crippen molar-refractivity contribution >= 4 is 49.6 Å². The van der Waals surface area contributed by atoms with Gasteiger partial charge in [-0.15, -0.1) is 49.6 Å². The van der Waals surface area contributed by atoms with Crippen LogP contribution in [0.2, 0.25) is 0 Å². The minimum atomic E-state index is 0. The van der Waals surface area contributed by atoms with Crippen molar-refractivity contribution in [1.82, 2.24) is 0 Å². The molecule has 2 saturated carbocycles. The fourth-order valence-corrected chi connectivity index (χ4v) is 2.03. The second-order valence-corrected chi connectivity index (χ2v) is 4.52. The quantitative estimate of drug-likeness (QED) is 0.531. The van der Waals surface area contributed by atoms with E-state index in [2.05, 4.69) is 0 Å². The lowest BCUT2D eigenvalue weighted by atomic mass is 10.2. The van der Waals surface area contributed by atoms with Crippen LogP contribution in [0.5, 0.6) is 0 Å². The first-order valence-corrected chi connectivity index (χ1v) is 5.63. The van der Waals surface area contributed by atoms with E-state index in [9.17, 15) is 0 Å². The van der Waals surface area contributed by atoms with E-state index >= 15 is 0 Å². The maximum Gasteiger partial charge on any atom is 0.0192 e. The molecule has 0 aromatic carbocycles. The number of hydrogen-bond donors (Lipinski definition) is 4. The third-order valence-corrected chi connectivity index (χ3v) is 3.25. The van der Waals surface area contributed by atoms with Crippen LogP contribution < -0.4 is 22.9 Å². The number of halogens is 4. The molecular weight excluding hydrogens is 318 g/mol. The van der Waals surface area contributed by atoms with Crippen molar-refractivity contribution < 1.29 is 0 Å². The predicted molar refractivity (Wildman–Crippen MR) is 88.6 cm³/mol. The summed E-state index contributed by atoms with van der Waals surface area (Å²) >= 11 is 0. The standard InChI is InChI=1S/2C5H12N2.4ClH/c2*6-4-2-1-3-5(4)7;;;;/h2*4-5H,1-3,6-7H2;4*1H/t2*4-,5+;;;;. The lowest BCUT2D eigenvalue weighted by Gasteiger charge is -2.05. The largest absolute Gasteiger partial charge is 0.326 e. The van der Waals surface area contributed by atoms with Crippen molar-refractivity contribution in [2.24, 2.45) is 22.9 Å². The molecule has 0 saturated heterocycles. The number of hydrogen-bond acceptors (Lipinski definition) is 4. The van der Waals surface area contributed by atoms with Gasteiger partial charge in [0.05, 0.1) is 0 Å². The van der Waals surface area contributed by atoms with Crippen molar-refractivity contribution in [3.8, 4) is 0 Å². The Kier molecular flexibility index (Phi) is 21.9. The highest BCUT2D eigenvalue weighted by atomic mass is 35.5. The molecule has 0 heterocycles. The second kappa shape index (κ2) is 14.4. The fourth-order valence-electron chi connectivity index (χ4n) is 2.03. The Morgan fingerprint density at radius 2 is 0.611 bits per heavy atom. The van der Waals surface area contributed by atoms with E-state index in [1.807, 2.05) is 0 Å². The van der Waals surface area contributed by atoms with Gasteiger partial charge in [-0.05, 0) is 25.7 Å². The summed E-state index contributed by atoms with van der Waals surface area (Å²) in [5.74, 6) is 0. The van der Waals surface area contributed by atoms with E-state index in [1.165, 1.54) is 12.8 Å². The van der Waals surface area contributed by atoms with Crippen molar-refractivity contribution in [2.45, 2.75) is 62.7 Å². The molecule has 0 spiro atoms. The smallest absolute Gasteiger partial charge is 0.0192 e. The first-order chi connectivity index (χ1) is 6.61. The predicted octanol–water partition coefficient (Wildman–Crippen LogP) is 1.34. The summed E-state index contributed by atoms with van der Waals surface area (Å²) in [6, 6.07) is 1.17. The molecule has 0 aromatic heterocycles. The van der Waals surface area contributed by atoms with E-state index in [1.54, 1.807) is 0 Å². The van der Waals surface area contributed by atoms with Gasteiger partial charge in [0.1, 0.15) is 0 Å². The fraction of sp³-hybridized carbons (Fsp3) is 1.00. The van der Waals surface area contributed by atoms with Crippen LogP contribution >= 0.6 is 49.6 Å². The number of rotatable bonds is 0. The molecule has 0 aromatic rings. The van der Waals surface area contributed by atoms with Gasteiger partial charge in [0.2, 0.25) is 0 Å². The monoisotopic (exact) mass is 344 g/mol. The highest BCUT2D eigenvalue weighted by Crippen LogP contribution is 2.14. The Morgan fingerprint density at radius 3 is 0.667 bits per heavy atom. The molecule has 8 N–H and O–H groups in total. The topological polar surface area (TPSA) is 104 Å². The zero-order valence-corrected chi connectivity index (χ0v) is 13.8. The van der Waals surface area contributed by atoms with Crippen LogP contribution in [0.25, 0.3) is 0 Å². The van der Waals surface area contributed by atoms with E-state index in [4.69, 9.17) is 22.9 Å². The van der Waals surface area contributed by atoms with E-state index in [0.29, 0.717) is 24.2 Å². The molecule has 0 unspecified atom stereocenters. The molecule has 0 radical (unpaired) electrons. The molecule has 8 heteroatoms. The van der Waals surface area contributed by atoms with Crippen LogP contribution in [0.3, 0.4) is 0 Å². The van der Waals surface area contributed by atoms with Gasteiger partial charge >= 0.3 is 0 Å². The third-order valence-electron chi connectivity index (χ3n) is 3.25. The summed E-state index contributed by atoms with van der Waals surface area (Å²) in [4.78, 5) is 0. The Hall–Kier alpha value is 1.000. The lowest BCUT2D eigenvalue weighted by molar-refractivity contribution is 0.603. The minimum absolute atomic E-state index is 0. The van der Waals surface area contributed by atoms with Crippen molar-refractivity contribution in [2.75, 3.05) is 0 Å². The Labute approximate surface area is 135 Å². The normalized spacial score (nSPS) is 32.7. The zero-order valence-electron chi connectivity index (χ0n) is 10.5. The Morgan fingerprint density at radius 1 is 0.444 bits per heavy atom. The molecule has 2 aliphatic carbocycles. The Balaban J connectivity index is -0.0000000891. The molecular formula is C10H28Cl4N4. The van der Waals surface area contributed by atoms with Crippen LogP contribution in [-0.4, -0.2) is 24.2 Å². The van der Waals surface area contributed by atoms with Crippen LogP contribution in [0.4, 0.5) is 0 Å². The van der Waals surface area contributed by atoms with E-state index < -0.39 is 0 Å². The van der Waals surface area contributed by atoms with Crippen LogP contribution in [-0.2, 0) is 0 Å². The van der Waals surface area contributed by atoms with E-state index in [0.717, 1.165) is 25.7 Å². The van der Waals surface area contributed by atoms with Crippen molar-refractivity contribution in [3.05, 3.63) is 0 Å². The molecule has 18 heavy (non-hydrogen) atoms. The summed E-state index contributed by atoms with van der Waals surface area (Å²) in [6.07, 6.45) is 6.95. The molecule has 2 rings (SSSR count). The summed E-state index contributed by atoms with van der Waals surface area (Å²) in [5, 5.41) is 0. The van der Waals surface area contributed by atoms with Crippen LogP contribution in [0.15, 0.2) is 0 Å². The summed E-state index contributed by atoms with van der Waals surface area (Å²) in [5.41, 5.74) is 22.2. The van der Waals surface area contributed by atoms with Gasteiger partial charge in [-0.1, -0.05) is 12.8 Å². The van der Waals surface area contributed by atoms with Gasteiger partial charge in [-0.3, -0.25) is 0 Å². The molecule has 0 amide bonds. The van der Waals surface area contributed by atoms with Gasteiger partial charge in [-0.2, -0.15) is 0 Å². The summed E-state index contributed by atoms with van der Waals surface area (Å²) < 4.78 is 0. The zero-order chi connectivity index (χ0) is 10.6. The van der Waals surface area contributed by atoms with Crippen molar-refractivity contribution in [1.29, 1.82) is 0 Å². The lowest BCUT2D eigenvalue weighted by Crippen LogP contribution is -2.35. The molecule has 0 aliphatic heterocycles. The average molecular weight is 346 g/mol.